The Labute approximate surface area is 118 Å². The molecule has 0 spiro atoms. The Morgan fingerprint density at radius 1 is 1.35 bits per heavy atom. The summed E-state index contributed by atoms with van der Waals surface area (Å²) < 4.78 is 5.71. The van der Waals surface area contributed by atoms with Crippen molar-refractivity contribution in [3.05, 3.63) is 28.3 Å². The summed E-state index contributed by atoms with van der Waals surface area (Å²) in [6.45, 7) is 6.19. The van der Waals surface area contributed by atoms with Crippen LogP contribution < -0.4 is 10.6 Å². The van der Waals surface area contributed by atoms with E-state index in [1.165, 1.54) is 0 Å². The molecule has 1 aliphatic rings. The van der Waals surface area contributed by atoms with Crippen molar-refractivity contribution in [2.24, 2.45) is 0 Å². The van der Waals surface area contributed by atoms with Crippen LogP contribution in [0.5, 0.6) is 0 Å². The smallest absolute Gasteiger partial charge is 0.273 e. The Morgan fingerprint density at radius 3 is 2.60 bits per heavy atom. The first-order chi connectivity index (χ1) is 9.52. The van der Waals surface area contributed by atoms with Gasteiger partial charge in [-0.3, -0.25) is 10.1 Å². The van der Waals surface area contributed by atoms with Crippen molar-refractivity contribution in [1.82, 2.24) is 0 Å². The predicted molar refractivity (Wildman–Crippen MR) is 79.3 cm³/mol. The monoisotopic (exact) mass is 279 g/mol. The lowest BCUT2D eigenvalue weighted by Gasteiger charge is -2.24. The van der Waals surface area contributed by atoms with E-state index in [-0.39, 0.29) is 16.2 Å². The van der Waals surface area contributed by atoms with E-state index >= 15 is 0 Å². The molecule has 0 aromatic heterocycles. The second kappa shape index (κ2) is 6.09. The molecule has 6 heteroatoms. The SMILES string of the molecule is CCNc1cc(NCC2(C)CCCO2)cc([N+](=O)[O-])c1. The molecule has 0 amide bonds. The third-order valence-corrected chi connectivity index (χ3v) is 3.48. The Hall–Kier alpha value is -1.82. The van der Waals surface area contributed by atoms with Gasteiger partial charge in [-0.1, -0.05) is 0 Å². The van der Waals surface area contributed by atoms with Gasteiger partial charge in [-0.25, -0.2) is 0 Å². The van der Waals surface area contributed by atoms with Crippen LogP contribution in [-0.2, 0) is 4.74 Å². The molecule has 1 heterocycles. The van der Waals surface area contributed by atoms with E-state index in [0.717, 1.165) is 37.4 Å². The molecule has 1 unspecified atom stereocenters. The highest BCUT2D eigenvalue weighted by Gasteiger charge is 2.29. The van der Waals surface area contributed by atoms with Gasteiger partial charge in [0.1, 0.15) is 0 Å². The van der Waals surface area contributed by atoms with Gasteiger partial charge < -0.3 is 15.4 Å². The Bertz CT molecular complexity index is 485. The van der Waals surface area contributed by atoms with E-state index in [1.807, 2.05) is 13.0 Å². The zero-order valence-corrected chi connectivity index (χ0v) is 11.9. The average Bonchev–Trinajstić information content (AvgIpc) is 2.84. The molecule has 2 N–H and O–H groups in total. The van der Waals surface area contributed by atoms with Gasteiger partial charge in [0.2, 0.25) is 0 Å². The number of nitro benzene ring substituents is 1. The fraction of sp³-hybridized carbons (Fsp3) is 0.571. The zero-order chi connectivity index (χ0) is 14.6. The minimum atomic E-state index is -0.375. The van der Waals surface area contributed by atoms with Gasteiger partial charge in [0.15, 0.2) is 0 Å². The van der Waals surface area contributed by atoms with Crippen molar-refractivity contribution in [2.45, 2.75) is 32.3 Å². The highest BCUT2D eigenvalue weighted by Crippen LogP contribution is 2.28. The van der Waals surface area contributed by atoms with Crippen molar-refractivity contribution < 1.29 is 9.66 Å². The molecular formula is C14H21N3O3. The number of hydrogen-bond donors (Lipinski definition) is 2. The van der Waals surface area contributed by atoms with Crippen LogP contribution in [-0.4, -0.2) is 30.2 Å². The van der Waals surface area contributed by atoms with E-state index in [0.29, 0.717) is 6.54 Å². The molecule has 1 aliphatic heterocycles. The molecule has 110 valence electrons. The van der Waals surface area contributed by atoms with Gasteiger partial charge >= 0.3 is 0 Å². The maximum absolute atomic E-state index is 11.0. The summed E-state index contributed by atoms with van der Waals surface area (Å²) >= 11 is 0. The molecule has 1 fully saturated rings. The standard InChI is InChI=1S/C14H21N3O3/c1-3-15-11-7-12(9-13(8-11)17(18)19)16-10-14(2)5-4-6-20-14/h7-9,15-16H,3-6,10H2,1-2H3. The maximum Gasteiger partial charge on any atom is 0.273 e. The number of benzene rings is 1. The lowest BCUT2D eigenvalue weighted by atomic mass is 10.0. The van der Waals surface area contributed by atoms with Gasteiger partial charge in [-0.05, 0) is 32.8 Å². The molecule has 0 radical (unpaired) electrons. The molecule has 2 rings (SSSR count). The van der Waals surface area contributed by atoms with Gasteiger partial charge in [0.25, 0.3) is 5.69 Å². The Balaban J connectivity index is 2.11. The third-order valence-electron chi connectivity index (χ3n) is 3.48. The summed E-state index contributed by atoms with van der Waals surface area (Å²) in [5.74, 6) is 0. The summed E-state index contributed by atoms with van der Waals surface area (Å²) in [4.78, 5) is 10.6. The lowest BCUT2D eigenvalue weighted by Crippen LogP contribution is -2.32. The average molecular weight is 279 g/mol. The second-order valence-electron chi connectivity index (χ2n) is 5.31. The molecule has 0 aliphatic carbocycles. The number of non-ortho nitro benzene ring substituents is 1. The fourth-order valence-corrected chi connectivity index (χ4v) is 2.39. The van der Waals surface area contributed by atoms with E-state index in [1.54, 1.807) is 12.1 Å². The molecule has 1 aromatic rings. The quantitative estimate of drug-likeness (QED) is 0.618. The Kier molecular flexibility index (Phi) is 4.44. The molecule has 1 aromatic carbocycles. The van der Waals surface area contributed by atoms with Crippen molar-refractivity contribution in [3.8, 4) is 0 Å². The molecule has 20 heavy (non-hydrogen) atoms. The molecule has 1 saturated heterocycles. The van der Waals surface area contributed by atoms with E-state index < -0.39 is 0 Å². The summed E-state index contributed by atoms with van der Waals surface area (Å²) in [6, 6.07) is 4.98. The number of nitrogens with zero attached hydrogens (tertiary/aromatic N) is 1. The second-order valence-corrected chi connectivity index (χ2v) is 5.31. The van der Waals surface area contributed by atoms with Crippen LogP contribution in [0.25, 0.3) is 0 Å². The van der Waals surface area contributed by atoms with Crippen LogP contribution in [0.3, 0.4) is 0 Å². The van der Waals surface area contributed by atoms with Gasteiger partial charge in [0.05, 0.1) is 10.5 Å². The van der Waals surface area contributed by atoms with E-state index in [4.69, 9.17) is 4.74 Å². The van der Waals surface area contributed by atoms with Crippen molar-refractivity contribution in [2.75, 3.05) is 30.3 Å². The first kappa shape index (κ1) is 14.6. The minimum Gasteiger partial charge on any atom is -0.385 e. The number of ether oxygens (including phenoxy) is 1. The first-order valence-electron chi connectivity index (χ1n) is 6.93. The highest BCUT2D eigenvalue weighted by molar-refractivity contribution is 5.63. The largest absolute Gasteiger partial charge is 0.385 e. The van der Waals surface area contributed by atoms with Crippen LogP contribution in [0, 0.1) is 10.1 Å². The van der Waals surface area contributed by atoms with Crippen molar-refractivity contribution in [3.63, 3.8) is 0 Å². The minimum absolute atomic E-state index is 0.0865. The van der Waals surface area contributed by atoms with Crippen LogP contribution in [0.1, 0.15) is 26.7 Å². The van der Waals surface area contributed by atoms with Crippen LogP contribution in [0.2, 0.25) is 0 Å². The maximum atomic E-state index is 11.0. The van der Waals surface area contributed by atoms with Crippen LogP contribution >= 0.6 is 0 Å². The highest BCUT2D eigenvalue weighted by atomic mass is 16.6. The summed E-state index contributed by atoms with van der Waals surface area (Å²) in [5.41, 5.74) is 1.40. The zero-order valence-electron chi connectivity index (χ0n) is 11.9. The normalized spacial score (nSPS) is 21.7. The van der Waals surface area contributed by atoms with E-state index in [2.05, 4.69) is 17.6 Å². The molecular weight excluding hydrogens is 258 g/mol. The summed E-state index contributed by atoms with van der Waals surface area (Å²) in [7, 11) is 0. The summed E-state index contributed by atoms with van der Waals surface area (Å²) in [5, 5.41) is 17.3. The van der Waals surface area contributed by atoms with Crippen LogP contribution in [0.15, 0.2) is 18.2 Å². The predicted octanol–water partition coefficient (Wildman–Crippen LogP) is 3.01. The lowest BCUT2D eigenvalue weighted by molar-refractivity contribution is -0.384. The van der Waals surface area contributed by atoms with Gasteiger partial charge in [-0.2, -0.15) is 0 Å². The fourth-order valence-electron chi connectivity index (χ4n) is 2.39. The van der Waals surface area contributed by atoms with Crippen molar-refractivity contribution in [1.29, 1.82) is 0 Å². The van der Waals surface area contributed by atoms with Crippen molar-refractivity contribution >= 4 is 17.1 Å². The molecule has 6 nitrogen and oxygen atoms in total. The van der Waals surface area contributed by atoms with Crippen LogP contribution in [0.4, 0.5) is 17.1 Å². The topological polar surface area (TPSA) is 76.4 Å². The van der Waals surface area contributed by atoms with E-state index in [9.17, 15) is 10.1 Å². The molecule has 0 bridgehead atoms. The number of rotatable bonds is 6. The number of nitro groups is 1. The number of nitrogens with one attached hydrogen (secondary N) is 2. The first-order valence-corrected chi connectivity index (χ1v) is 6.93. The van der Waals surface area contributed by atoms with Gasteiger partial charge in [0, 0.05) is 43.2 Å². The Morgan fingerprint density at radius 2 is 2.05 bits per heavy atom. The number of anilines is 2. The molecule has 0 saturated carbocycles. The third kappa shape index (κ3) is 3.60. The number of hydrogen-bond acceptors (Lipinski definition) is 5. The van der Waals surface area contributed by atoms with Gasteiger partial charge in [-0.15, -0.1) is 0 Å². The summed E-state index contributed by atoms with van der Waals surface area (Å²) in [6.07, 6.45) is 2.07. The molecule has 1 atom stereocenters.